The van der Waals surface area contributed by atoms with Crippen molar-refractivity contribution in [2.24, 2.45) is 5.92 Å². The van der Waals surface area contributed by atoms with Gasteiger partial charge in [0.25, 0.3) is 0 Å². The van der Waals surface area contributed by atoms with Crippen LogP contribution in [0, 0.1) is 19.8 Å². The molecule has 2 N–H and O–H groups in total. The molecule has 11 heteroatoms. The quantitative estimate of drug-likeness (QED) is 0.328. The van der Waals surface area contributed by atoms with Gasteiger partial charge in [-0.2, -0.15) is 0 Å². The number of fused-ring (bicyclic) bond motifs is 5. The normalized spacial score (nSPS) is 29.3. The first-order chi connectivity index (χ1) is 23.2. The molecule has 5 atom stereocenters. The van der Waals surface area contributed by atoms with E-state index in [4.69, 9.17) is 19.2 Å². The summed E-state index contributed by atoms with van der Waals surface area (Å²) in [7, 11) is 0. The van der Waals surface area contributed by atoms with Crippen LogP contribution in [-0.2, 0) is 30.3 Å². The highest BCUT2D eigenvalue weighted by Gasteiger charge is 2.63. The molecule has 2 aromatic rings. The average Bonchev–Trinajstić information content (AvgIpc) is 3.61. The molecule has 0 radical (unpaired) electrons. The Kier molecular flexibility index (Phi) is 9.41. The predicted octanol–water partition coefficient (Wildman–Crippen LogP) is 5.37. The number of benzene rings is 1. The highest BCUT2D eigenvalue weighted by molar-refractivity contribution is 5.97. The second kappa shape index (κ2) is 13.3. The second-order valence-electron chi connectivity index (χ2n) is 15.3. The first kappa shape index (κ1) is 34.7. The van der Waals surface area contributed by atoms with E-state index in [0.717, 1.165) is 47.0 Å². The van der Waals surface area contributed by atoms with E-state index < -0.39 is 46.8 Å². The van der Waals surface area contributed by atoms with Gasteiger partial charge in [0.15, 0.2) is 0 Å². The third-order valence-corrected chi connectivity index (χ3v) is 10.2. The van der Waals surface area contributed by atoms with Gasteiger partial charge in [0.1, 0.15) is 34.6 Å². The number of aromatic nitrogens is 1. The lowest BCUT2D eigenvalue weighted by molar-refractivity contribution is -0.150. The minimum Gasteiger partial charge on any atom is -0.483 e. The van der Waals surface area contributed by atoms with Crippen LogP contribution in [0.5, 0.6) is 5.75 Å². The Morgan fingerprint density at radius 1 is 1.14 bits per heavy atom. The molecule has 1 spiro atoms. The van der Waals surface area contributed by atoms with Crippen LogP contribution >= 0.6 is 0 Å². The van der Waals surface area contributed by atoms with Gasteiger partial charge in [0, 0.05) is 23.3 Å². The molecule has 11 nitrogen and oxygen atoms in total. The van der Waals surface area contributed by atoms with Gasteiger partial charge in [-0.15, -0.1) is 0 Å². The number of hydrogen-bond acceptors (Lipinski definition) is 8. The molecule has 264 valence electrons. The van der Waals surface area contributed by atoms with Crippen molar-refractivity contribution < 1.29 is 33.4 Å². The Morgan fingerprint density at radius 3 is 2.69 bits per heavy atom. The number of rotatable bonds is 3. The summed E-state index contributed by atoms with van der Waals surface area (Å²) < 4.78 is 17.9. The standard InChI is InChI=1S/C38H50N4O7/c1-7-47-34(45)38-20-25(38)13-11-9-8-10-12-14-29(40-35(46)49-36(4,5)6)33(44)42-22-37(21-30(42)32(43)41-38)18-17-26-27-19-23(2)15-16-28(27)39-24(3)31(26)48-37/h11,13,15-16,19,25,29-30H,7-10,12,14,17-18,20-22H2,1-6H3,(H,40,46)(H,41,43)/b13-11-/t25-,29?,30+,37-,38?/m1/s1. The Hall–Kier alpha value is -4.15. The number of nitrogens with zero attached hydrogens (tertiary/aromatic N) is 2. The highest BCUT2D eigenvalue weighted by atomic mass is 16.6. The smallest absolute Gasteiger partial charge is 0.408 e. The van der Waals surface area contributed by atoms with E-state index in [9.17, 15) is 19.2 Å². The Labute approximate surface area is 288 Å². The molecule has 1 aromatic heterocycles. The number of aryl methyl sites for hydroxylation is 3. The summed E-state index contributed by atoms with van der Waals surface area (Å²) in [5, 5.41) is 6.91. The first-order valence-corrected chi connectivity index (χ1v) is 17.8. The van der Waals surface area contributed by atoms with Crippen molar-refractivity contribution in [2.75, 3.05) is 13.2 Å². The van der Waals surface area contributed by atoms with Crippen molar-refractivity contribution >= 4 is 34.8 Å². The van der Waals surface area contributed by atoms with Gasteiger partial charge >= 0.3 is 12.1 Å². The van der Waals surface area contributed by atoms with E-state index in [2.05, 4.69) is 22.8 Å². The zero-order chi connectivity index (χ0) is 35.1. The van der Waals surface area contributed by atoms with Crippen LogP contribution in [0.4, 0.5) is 4.79 Å². The summed E-state index contributed by atoms with van der Waals surface area (Å²) >= 11 is 0. The van der Waals surface area contributed by atoms with Crippen LogP contribution in [0.1, 0.15) is 95.9 Å². The Balaban J connectivity index is 1.36. The van der Waals surface area contributed by atoms with Gasteiger partial charge in [0.2, 0.25) is 11.8 Å². The second-order valence-corrected chi connectivity index (χ2v) is 15.3. The summed E-state index contributed by atoms with van der Waals surface area (Å²) in [6.07, 6.45) is 8.96. The van der Waals surface area contributed by atoms with Crippen molar-refractivity contribution in [3.63, 3.8) is 0 Å². The van der Waals surface area contributed by atoms with E-state index in [1.165, 1.54) is 0 Å². The molecule has 3 amide bonds. The van der Waals surface area contributed by atoms with Crippen molar-refractivity contribution in [2.45, 2.75) is 128 Å². The molecule has 1 saturated carbocycles. The molecule has 4 aliphatic rings. The number of allylic oxidation sites excluding steroid dienone is 1. The summed E-state index contributed by atoms with van der Waals surface area (Å²) in [5.41, 5.74) is 1.07. The third-order valence-electron chi connectivity index (χ3n) is 10.2. The fraction of sp³-hybridized carbons (Fsp3) is 0.605. The van der Waals surface area contributed by atoms with Crippen LogP contribution < -0.4 is 15.4 Å². The Bertz CT molecular complexity index is 1680. The van der Waals surface area contributed by atoms with Gasteiger partial charge in [-0.3, -0.25) is 9.59 Å². The highest BCUT2D eigenvalue weighted by Crippen LogP contribution is 2.48. The van der Waals surface area contributed by atoms with E-state index in [1.54, 1.807) is 32.6 Å². The molecule has 2 unspecified atom stereocenters. The molecule has 49 heavy (non-hydrogen) atoms. The number of alkyl carbamates (subject to hydrolysis) is 1. The van der Waals surface area contributed by atoms with E-state index in [1.807, 2.05) is 32.1 Å². The number of hydrogen-bond donors (Lipinski definition) is 2. The number of carbonyl (C=O) groups excluding carboxylic acids is 4. The van der Waals surface area contributed by atoms with Gasteiger partial charge in [-0.1, -0.05) is 36.6 Å². The maximum Gasteiger partial charge on any atom is 0.408 e. The van der Waals surface area contributed by atoms with E-state index >= 15 is 0 Å². The lowest BCUT2D eigenvalue weighted by atomic mass is 9.87. The number of pyridine rings is 1. The topological polar surface area (TPSA) is 136 Å². The van der Waals surface area contributed by atoms with Crippen LogP contribution in [0.15, 0.2) is 30.4 Å². The molecular formula is C38H50N4O7. The van der Waals surface area contributed by atoms with Crippen molar-refractivity contribution in [1.29, 1.82) is 0 Å². The minimum atomic E-state index is -1.18. The maximum absolute atomic E-state index is 14.6. The van der Waals surface area contributed by atoms with Gasteiger partial charge in [-0.05, 0) is 92.2 Å². The van der Waals surface area contributed by atoms with Crippen LogP contribution in [0.25, 0.3) is 10.9 Å². The predicted molar refractivity (Wildman–Crippen MR) is 184 cm³/mol. The van der Waals surface area contributed by atoms with Crippen molar-refractivity contribution in [1.82, 2.24) is 20.5 Å². The lowest BCUT2D eigenvalue weighted by Gasteiger charge is -2.37. The van der Waals surface area contributed by atoms with Crippen molar-refractivity contribution in [3.8, 4) is 5.75 Å². The van der Waals surface area contributed by atoms with Gasteiger partial charge < -0.3 is 29.7 Å². The monoisotopic (exact) mass is 674 g/mol. The summed E-state index contributed by atoms with van der Waals surface area (Å²) in [6, 6.07) is 4.35. The number of nitrogens with one attached hydrogen (secondary N) is 2. The molecule has 1 aromatic carbocycles. The SMILES string of the molecule is CCOC(=O)C12C[C@H]1/C=C\CCCCCC(NC(=O)OC(C)(C)C)C(=O)N1C[C@@]3(CCc4c(c(C)nc5ccc(C)cc45)O3)C[C@H]1C(=O)N2. The number of carbonyl (C=O) groups is 4. The summed E-state index contributed by atoms with van der Waals surface area (Å²) in [4.78, 5) is 61.7. The van der Waals surface area contributed by atoms with Gasteiger partial charge in [-0.25, -0.2) is 14.6 Å². The largest absolute Gasteiger partial charge is 0.483 e. The number of esters is 1. The third kappa shape index (κ3) is 7.12. The lowest BCUT2D eigenvalue weighted by Crippen LogP contribution is -2.57. The number of amides is 3. The molecule has 3 aliphatic heterocycles. The summed E-state index contributed by atoms with van der Waals surface area (Å²) in [6.45, 7) is 11.4. The minimum absolute atomic E-state index is 0.150. The van der Waals surface area contributed by atoms with E-state index in [0.29, 0.717) is 37.9 Å². The molecule has 0 bridgehead atoms. The van der Waals surface area contributed by atoms with Crippen LogP contribution in [-0.4, -0.2) is 75.7 Å². The molecule has 4 heterocycles. The van der Waals surface area contributed by atoms with Crippen LogP contribution in [0.2, 0.25) is 0 Å². The van der Waals surface area contributed by atoms with Gasteiger partial charge in [0.05, 0.1) is 24.4 Å². The van der Waals surface area contributed by atoms with E-state index in [-0.39, 0.29) is 31.4 Å². The number of ether oxygens (including phenoxy) is 3. The fourth-order valence-electron chi connectivity index (χ4n) is 7.70. The zero-order valence-electron chi connectivity index (χ0n) is 29.6. The molecule has 6 rings (SSSR count). The fourth-order valence-corrected chi connectivity index (χ4v) is 7.70. The molecule has 1 aliphatic carbocycles. The summed E-state index contributed by atoms with van der Waals surface area (Å²) in [5.74, 6) is -0.766. The maximum atomic E-state index is 14.6. The molecular weight excluding hydrogens is 624 g/mol. The Morgan fingerprint density at radius 2 is 1.94 bits per heavy atom. The first-order valence-electron chi connectivity index (χ1n) is 17.8. The average molecular weight is 675 g/mol. The van der Waals surface area contributed by atoms with Crippen LogP contribution in [0.3, 0.4) is 0 Å². The zero-order valence-corrected chi connectivity index (χ0v) is 29.6. The molecule has 1 saturated heterocycles. The van der Waals surface area contributed by atoms with Crippen molar-refractivity contribution in [3.05, 3.63) is 47.2 Å². The molecule has 2 fully saturated rings.